The molecule has 0 saturated heterocycles. The van der Waals surface area contributed by atoms with Gasteiger partial charge in [0.25, 0.3) is 0 Å². The van der Waals surface area contributed by atoms with Crippen LogP contribution in [0.15, 0.2) is 18.3 Å². The molecule has 0 aliphatic carbocycles. The number of nitrogens with one attached hydrogen (secondary N) is 1. The predicted molar refractivity (Wildman–Crippen MR) is 69.4 cm³/mol. The summed E-state index contributed by atoms with van der Waals surface area (Å²) in [7, 11) is 0. The molecule has 0 aliphatic rings. The third-order valence-corrected chi connectivity index (χ3v) is 3.30. The molecule has 15 heavy (non-hydrogen) atoms. The highest BCUT2D eigenvalue weighted by Crippen LogP contribution is 2.16. The summed E-state index contributed by atoms with van der Waals surface area (Å²) < 4.78 is 0. The van der Waals surface area contributed by atoms with Crippen molar-refractivity contribution >= 4 is 17.4 Å². The van der Waals surface area contributed by atoms with E-state index in [1.165, 1.54) is 17.1 Å². The van der Waals surface area contributed by atoms with E-state index in [1.54, 1.807) is 0 Å². The van der Waals surface area contributed by atoms with Gasteiger partial charge < -0.3 is 5.32 Å². The van der Waals surface area contributed by atoms with E-state index in [4.69, 9.17) is 0 Å². The number of hydrogen-bond donors (Lipinski definition) is 1. The molecule has 1 aromatic heterocycles. The van der Waals surface area contributed by atoms with Gasteiger partial charge in [0.05, 0.1) is 5.69 Å². The van der Waals surface area contributed by atoms with E-state index in [-0.39, 0.29) is 0 Å². The maximum Gasteiger partial charge on any atom is 0.0523 e. The zero-order chi connectivity index (χ0) is 11.1. The summed E-state index contributed by atoms with van der Waals surface area (Å²) in [4.78, 5) is 4.36. The van der Waals surface area contributed by atoms with Crippen LogP contribution in [0.25, 0.3) is 0 Å². The molecule has 1 N–H and O–H groups in total. The van der Waals surface area contributed by atoms with Gasteiger partial charge in [-0.05, 0) is 30.7 Å². The fourth-order valence-electron chi connectivity index (χ4n) is 1.27. The van der Waals surface area contributed by atoms with Gasteiger partial charge in [-0.3, -0.25) is 4.98 Å². The van der Waals surface area contributed by atoms with Crippen LogP contribution in [-0.2, 0) is 5.75 Å². The topological polar surface area (TPSA) is 24.9 Å². The standard InChI is InChI=1S/C12H20N2S/c1-4-13-11-5-6-14-12(7-11)9-15-8-10(2)3/h5-7,10H,4,8-9H2,1-3H3,(H,13,14). The second kappa shape index (κ2) is 6.72. The van der Waals surface area contributed by atoms with E-state index in [9.17, 15) is 0 Å². The highest BCUT2D eigenvalue weighted by atomic mass is 32.2. The molecule has 0 bridgehead atoms. The molecule has 84 valence electrons. The zero-order valence-corrected chi connectivity index (χ0v) is 10.6. The van der Waals surface area contributed by atoms with Gasteiger partial charge >= 0.3 is 0 Å². The first-order valence-corrected chi connectivity index (χ1v) is 6.64. The first-order chi connectivity index (χ1) is 7.22. The van der Waals surface area contributed by atoms with Crippen molar-refractivity contribution in [1.82, 2.24) is 4.98 Å². The van der Waals surface area contributed by atoms with Crippen molar-refractivity contribution in [2.75, 3.05) is 17.6 Å². The fraction of sp³-hybridized carbons (Fsp3) is 0.583. The minimum Gasteiger partial charge on any atom is -0.385 e. The molecule has 0 atom stereocenters. The molecule has 0 fully saturated rings. The molecule has 0 aromatic carbocycles. The molecule has 0 radical (unpaired) electrons. The van der Waals surface area contributed by atoms with Crippen molar-refractivity contribution < 1.29 is 0 Å². The van der Waals surface area contributed by atoms with Crippen molar-refractivity contribution in [3.05, 3.63) is 24.0 Å². The van der Waals surface area contributed by atoms with Crippen LogP contribution in [0.3, 0.4) is 0 Å². The fourth-order valence-corrected chi connectivity index (χ4v) is 2.23. The maximum atomic E-state index is 4.36. The number of nitrogens with zero attached hydrogens (tertiary/aromatic N) is 1. The number of anilines is 1. The van der Waals surface area contributed by atoms with Gasteiger partial charge in [0, 0.05) is 24.2 Å². The number of pyridine rings is 1. The van der Waals surface area contributed by atoms with E-state index in [0.29, 0.717) is 0 Å². The summed E-state index contributed by atoms with van der Waals surface area (Å²) in [5.74, 6) is 2.97. The van der Waals surface area contributed by atoms with Gasteiger partial charge in [-0.1, -0.05) is 13.8 Å². The van der Waals surface area contributed by atoms with Gasteiger partial charge in [-0.25, -0.2) is 0 Å². The summed E-state index contributed by atoms with van der Waals surface area (Å²) in [6, 6.07) is 4.15. The van der Waals surface area contributed by atoms with E-state index in [0.717, 1.165) is 18.2 Å². The number of thioether (sulfide) groups is 1. The van der Waals surface area contributed by atoms with Crippen LogP contribution < -0.4 is 5.32 Å². The monoisotopic (exact) mass is 224 g/mol. The van der Waals surface area contributed by atoms with Crippen LogP contribution in [0.5, 0.6) is 0 Å². The van der Waals surface area contributed by atoms with Crippen LogP contribution in [0.4, 0.5) is 5.69 Å². The Morgan fingerprint density at radius 1 is 1.47 bits per heavy atom. The van der Waals surface area contributed by atoms with Crippen molar-refractivity contribution in [3.63, 3.8) is 0 Å². The van der Waals surface area contributed by atoms with Crippen molar-refractivity contribution in [3.8, 4) is 0 Å². The highest BCUT2D eigenvalue weighted by Gasteiger charge is 1.99. The molecular weight excluding hydrogens is 204 g/mol. The Bertz CT molecular complexity index is 287. The van der Waals surface area contributed by atoms with Crippen LogP contribution in [0.1, 0.15) is 26.5 Å². The first-order valence-electron chi connectivity index (χ1n) is 5.49. The quantitative estimate of drug-likeness (QED) is 0.801. The predicted octanol–water partition coefficient (Wildman–Crippen LogP) is 3.40. The summed E-state index contributed by atoms with van der Waals surface area (Å²) in [6.45, 7) is 7.56. The summed E-state index contributed by atoms with van der Waals surface area (Å²) in [6.07, 6.45) is 1.88. The number of aromatic nitrogens is 1. The Kier molecular flexibility index (Phi) is 5.54. The molecule has 0 saturated carbocycles. The molecule has 1 rings (SSSR count). The maximum absolute atomic E-state index is 4.36. The lowest BCUT2D eigenvalue weighted by Crippen LogP contribution is -1.98. The van der Waals surface area contributed by atoms with Crippen molar-refractivity contribution in [2.45, 2.75) is 26.5 Å². The van der Waals surface area contributed by atoms with Gasteiger partial charge in [-0.15, -0.1) is 0 Å². The second-order valence-corrected chi connectivity index (χ2v) is 5.01. The molecule has 2 nitrogen and oxygen atoms in total. The average Bonchev–Trinajstić information content (AvgIpc) is 2.18. The lowest BCUT2D eigenvalue weighted by Gasteiger charge is -2.06. The van der Waals surface area contributed by atoms with Crippen LogP contribution in [0, 0.1) is 5.92 Å². The van der Waals surface area contributed by atoms with E-state index >= 15 is 0 Å². The number of hydrogen-bond acceptors (Lipinski definition) is 3. The highest BCUT2D eigenvalue weighted by molar-refractivity contribution is 7.98. The van der Waals surface area contributed by atoms with Crippen LogP contribution >= 0.6 is 11.8 Å². The van der Waals surface area contributed by atoms with Gasteiger partial charge in [0.1, 0.15) is 0 Å². The largest absolute Gasteiger partial charge is 0.385 e. The molecule has 3 heteroatoms. The Labute approximate surface area is 96.9 Å². The Balaban J connectivity index is 2.43. The molecule has 1 aromatic rings. The Morgan fingerprint density at radius 3 is 2.93 bits per heavy atom. The van der Waals surface area contributed by atoms with Crippen molar-refractivity contribution in [2.24, 2.45) is 5.92 Å². The smallest absolute Gasteiger partial charge is 0.0523 e. The van der Waals surface area contributed by atoms with Gasteiger partial charge in [0.15, 0.2) is 0 Å². The van der Waals surface area contributed by atoms with E-state index in [1.807, 2.05) is 24.0 Å². The normalized spacial score (nSPS) is 10.7. The molecule has 0 amide bonds. The Morgan fingerprint density at radius 2 is 2.27 bits per heavy atom. The van der Waals surface area contributed by atoms with Gasteiger partial charge in [-0.2, -0.15) is 11.8 Å². The summed E-state index contributed by atoms with van der Waals surface area (Å²) in [5.41, 5.74) is 2.34. The lowest BCUT2D eigenvalue weighted by atomic mass is 10.3. The Hall–Kier alpha value is -0.700. The molecular formula is C12H20N2S. The summed E-state index contributed by atoms with van der Waals surface area (Å²) >= 11 is 1.95. The molecule has 0 spiro atoms. The molecule has 0 unspecified atom stereocenters. The average molecular weight is 224 g/mol. The third kappa shape index (κ3) is 5.07. The third-order valence-electron chi connectivity index (χ3n) is 1.90. The van der Waals surface area contributed by atoms with Crippen LogP contribution in [0.2, 0.25) is 0 Å². The minimum atomic E-state index is 0.756. The summed E-state index contributed by atoms with van der Waals surface area (Å²) in [5, 5.41) is 3.30. The zero-order valence-electron chi connectivity index (χ0n) is 9.79. The van der Waals surface area contributed by atoms with E-state index in [2.05, 4.69) is 37.1 Å². The van der Waals surface area contributed by atoms with Crippen LogP contribution in [-0.4, -0.2) is 17.3 Å². The number of rotatable bonds is 6. The van der Waals surface area contributed by atoms with E-state index < -0.39 is 0 Å². The molecule has 0 aliphatic heterocycles. The first kappa shape index (κ1) is 12.4. The second-order valence-electron chi connectivity index (χ2n) is 3.98. The minimum absolute atomic E-state index is 0.756. The van der Waals surface area contributed by atoms with Gasteiger partial charge in [0.2, 0.25) is 0 Å². The SMILES string of the molecule is CCNc1ccnc(CSCC(C)C)c1. The lowest BCUT2D eigenvalue weighted by molar-refractivity contribution is 0.750. The molecule has 1 heterocycles. The van der Waals surface area contributed by atoms with Crippen molar-refractivity contribution in [1.29, 1.82) is 0 Å².